The zero-order valence-corrected chi connectivity index (χ0v) is 27.7. The fourth-order valence-corrected chi connectivity index (χ4v) is 6.83. The highest BCUT2D eigenvalue weighted by Crippen LogP contribution is 2.40. The number of hydrogen-bond donors (Lipinski definition) is 0. The van der Waals surface area contributed by atoms with Crippen molar-refractivity contribution in [3.8, 4) is 11.1 Å². The van der Waals surface area contributed by atoms with E-state index in [1.807, 2.05) is 70.3 Å². The Morgan fingerprint density at radius 1 is 0.900 bits per heavy atom. The molecule has 0 saturated carbocycles. The van der Waals surface area contributed by atoms with E-state index in [9.17, 15) is 26.7 Å². The Balaban J connectivity index is 1.22. The molecule has 0 radical (unpaired) electrons. The summed E-state index contributed by atoms with van der Waals surface area (Å²) in [7, 11) is 0. The first kappa shape index (κ1) is 34.7. The summed E-state index contributed by atoms with van der Waals surface area (Å²) in [6, 6.07) is 24.1. The monoisotopic (exact) mass is 700 g/mol. The zero-order valence-electron chi connectivity index (χ0n) is 26.9. The normalized spacial score (nSPS) is 12.9. The van der Waals surface area contributed by atoms with Crippen LogP contribution >= 0.6 is 11.8 Å². The lowest BCUT2D eigenvalue weighted by molar-refractivity contribution is -0.137. The second-order valence-corrected chi connectivity index (χ2v) is 12.8. The second kappa shape index (κ2) is 15.2. The molecule has 1 amide bonds. The number of imidazole rings is 1. The van der Waals surface area contributed by atoms with Crippen LogP contribution in [0.4, 0.5) is 27.6 Å². The highest BCUT2D eigenvalue weighted by molar-refractivity contribution is 8.02. The molecule has 0 aliphatic carbocycles. The van der Waals surface area contributed by atoms with Crippen molar-refractivity contribution in [1.82, 2.24) is 14.5 Å². The molecule has 0 bridgehead atoms. The van der Waals surface area contributed by atoms with Crippen LogP contribution in [0, 0.1) is 11.6 Å². The van der Waals surface area contributed by atoms with E-state index < -0.39 is 23.4 Å². The van der Waals surface area contributed by atoms with Crippen LogP contribution in [-0.4, -0.2) is 33.4 Å². The number of thioether (sulfide) groups is 1. The molecular weight excluding hydrogens is 668 g/mol. The van der Waals surface area contributed by atoms with Crippen molar-refractivity contribution in [2.75, 3.05) is 18.0 Å². The average molecular weight is 701 g/mol. The number of nitrogens with zero attached hydrogens (tertiary/aromatic N) is 4. The van der Waals surface area contributed by atoms with Crippen LogP contribution in [0.2, 0.25) is 0 Å². The fraction of sp³-hybridized carbons (Fsp3) is 0.179. The van der Waals surface area contributed by atoms with Crippen LogP contribution in [0.5, 0.6) is 0 Å². The van der Waals surface area contributed by atoms with Gasteiger partial charge in [0.25, 0.3) is 0 Å². The number of benzene rings is 4. The highest BCUT2D eigenvalue weighted by atomic mass is 32.2. The standard InChI is InChI=1S/C39H33F5N4OS/c1-27-22-37(50-25-31-6-4-8-34(40)38(31)41)48(35-9-3-2-7-33(27)35)24-36(49)47(20-5-19-46-21-18-45-26-46)23-28-10-12-29(13-11-28)30-14-16-32(17-15-30)39(42,43)44/h2-4,6-18,21-22,26H,1,5,19-20,23-25H2. The Hall–Kier alpha value is -5.16. The first-order valence-electron chi connectivity index (χ1n) is 15.9. The summed E-state index contributed by atoms with van der Waals surface area (Å²) < 4.78 is 69.6. The van der Waals surface area contributed by atoms with E-state index in [1.165, 1.54) is 36.0 Å². The van der Waals surface area contributed by atoms with Gasteiger partial charge in [-0.15, -0.1) is 11.8 Å². The number of carbonyl (C=O) groups is 1. The molecule has 1 aromatic heterocycles. The largest absolute Gasteiger partial charge is 0.416 e. The zero-order chi connectivity index (χ0) is 35.3. The molecule has 6 rings (SSSR count). The van der Waals surface area contributed by atoms with Crippen LogP contribution in [0.1, 0.15) is 28.7 Å². The van der Waals surface area contributed by atoms with Crippen molar-refractivity contribution in [1.29, 1.82) is 0 Å². The first-order valence-corrected chi connectivity index (χ1v) is 16.9. The molecule has 0 spiro atoms. The number of amides is 1. The van der Waals surface area contributed by atoms with Gasteiger partial charge in [0.05, 0.1) is 16.9 Å². The minimum atomic E-state index is -4.41. The van der Waals surface area contributed by atoms with Crippen molar-refractivity contribution in [2.45, 2.75) is 31.4 Å². The molecule has 1 aliphatic rings. The van der Waals surface area contributed by atoms with Crippen molar-refractivity contribution in [2.24, 2.45) is 0 Å². The SMILES string of the molecule is C=C1C=C(SCc2cccc(F)c2F)N(CC(=O)N(CCCn2ccnc2)Cc2ccc(-c3ccc(C(F)(F)F)cc3)cc2)c2ccccc21. The molecule has 4 aromatic carbocycles. The average Bonchev–Trinajstić information content (AvgIpc) is 3.63. The molecule has 0 fully saturated rings. The van der Waals surface area contributed by atoms with Crippen LogP contribution in [0.15, 0.2) is 127 Å². The minimum absolute atomic E-state index is 0.0104. The molecule has 11 heteroatoms. The van der Waals surface area contributed by atoms with Gasteiger partial charge in [-0.1, -0.05) is 73.3 Å². The number of fused-ring (bicyclic) bond motifs is 1. The van der Waals surface area contributed by atoms with Crippen LogP contribution < -0.4 is 4.90 Å². The van der Waals surface area contributed by atoms with Gasteiger partial charge in [0.2, 0.25) is 5.91 Å². The van der Waals surface area contributed by atoms with E-state index >= 15 is 0 Å². The molecule has 1 aliphatic heterocycles. The van der Waals surface area contributed by atoms with Crippen LogP contribution in [0.3, 0.4) is 0 Å². The molecule has 2 heterocycles. The van der Waals surface area contributed by atoms with Crippen LogP contribution in [-0.2, 0) is 29.8 Å². The molecule has 0 atom stereocenters. The summed E-state index contributed by atoms with van der Waals surface area (Å²) in [5, 5.41) is 0.685. The number of aryl methyl sites for hydroxylation is 1. The molecule has 50 heavy (non-hydrogen) atoms. The maximum absolute atomic E-state index is 14.5. The predicted octanol–water partition coefficient (Wildman–Crippen LogP) is 9.57. The van der Waals surface area contributed by atoms with Crippen molar-refractivity contribution >= 4 is 28.9 Å². The number of para-hydroxylation sites is 1. The number of halogens is 5. The van der Waals surface area contributed by atoms with Gasteiger partial charge in [-0.05, 0) is 59.0 Å². The topological polar surface area (TPSA) is 41.4 Å². The predicted molar refractivity (Wildman–Crippen MR) is 188 cm³/mol. The van der Waals surface area contributed by atoms with Gasteiger partial charge in [-0.2, -0.15) is 13.2 Å². The summed E-state index contributed by atoms with van der Waals surface area (Å²) in [6.07, 6.45) is 3.40. The molecule has 0 saturated heterocycles. The van der Waals surface area contributed by atoms with Crippen molar-refractivity contribution < 1.29 is 26.7 Å². The number of carbonyl (C=O) groups excluding carboxylic acids is 1. The van der Waals surface area contributed by atoms with Crippen molar-refractivity contribution in [3.63, 3.8) is 0 Å². The second-order valence-electron chi connectivity index (χ2n) is 11.9. The maximum atomic E-state index is 14.5. The van der Waals surface area contributed by atoms with Gasteiger partial charge in [-0.3, -0.25) is 4.79 Å². The number of anilines is 1. The van der Waals surface area contributed by atoms with Crippen molar-refractivity contribution in [3.05, 3.63) is 161 Å². The molecule has 256 valence electrons. The highest BCUT2D eigenvalue weighted by Gasteiger charge is 2.30. The summed E-state index contributed by atoms with van der Waals surface area (Å²) in [5.74, 6) is -1.81. The Morgan fingerprint density at radius 2 is 1.62 bits per heavy atom. The van der Waals surface area contributed by atoms with Gasteiger partial charge in [-0.25, -0.2) is 13.8 Å². The maximum Gasteiger partial charge on any atom is 0.416 e. The third kappa shape index (κ3) is 8.16. The Labute approximate surface area is 291 Å². The molecular formula is C39H33F5N4OS. The molecule has 0 N–H and O–H groups in total. The van der Waals surface area contributed by atoms with Gasteiger partial charge in [0.15, 0.2) is 11.6 Å². The number of rotatable bonds is 12. The number of hydrogen-bond acceptors (Lipinski definition) is 4. The van der Waals surface area contributed by atoms with Gasteiger partial charge < -0.3 is 14.4 Å². The lowest BCUT2D eigenvalue weighted by Crippen LogP contribution is -2.41. The Kier molecular flexibility index (Phi) is 10.5. The van der Waals surface area contributed by atoms with E-state index in [2.05, 4.69) is 11.6 Å². The minimum Gasteiger partial charge on any atom is -0.337 e. The smallest absolute Gasteiger partial charge is 0.337 e. The third-order valence-corrected chi connectivity index (χ3v) is 9.52. The lowest BCUT2D eigenvalue weighted by Gasteiger charge is -2.34. The lowest BCUT2D eigenvalue weighted by atomic mass is 10.0. The van der Waals surface area contributed by atoms with E-state index in [0.29, 0.717) is 36.6 Å². The van der Waals surface area contributed by atoms with E-state index in [1.54, 1.807) is 17.4 Å². The van der Waals surface area contributed by atoms with Gasteiger partial charge >= 0.3 is 6.18 Å². The number of allylic oxidation sites excluding steroid dienone is 2. The van der Waals surface area contributed by atoms with E-state index in [-0.39, 0.29) is 23.8 Å². The fourth-order valence-electron chi connectivity index (χ4n) is 5.76. The Bertz CT molecular complexity index is 1990. The van der Waals surface area contributed by atoms with Gasteiger partial charge in [0, 0.05) is 54.6 Å². The molecule has 5 nitrogen and oxygen atoms in total. The van der Waals surface area contributed by atoms with E-state index in [4.69, 9.17) is 0 Å². The first-order chi connectivity index (χ1) is 24.1. The van der Waals surface area contributed by atoms with Crippen LogP contribution in [0.25, 0.3) is 16.7 Å². The molecule has 0 unspecified atom stereocenters. The summed E-state index contributed by atoms with van der Waals surface area (Å²) in [4.78, 5) is 22.0. The number of aromatic nitrogens is 2. The number of alkyl halides is 3. The third-order valence-electron chi connectivity index (χ3n) is 8.43. The van der Waals surface area contributed by atoms with Gasteiger partial charge in [0.1, 0.15) is 6.54 Å². The quantitative estimate of drug-likeness (QED) is 0.122. The molecule has 5 aromatic rings. The summed E-state index contributed by atoms with van der Waals surface area (Å²) >= 11 is 1.30. The van der Waals surface area contributed by atoms with E-state index in [0.717, 1.165) is 46.1 Å². The summed E-state index contributed by atoms with van der Waals surface area (Å²) in [5.41, 5.74) is 4.17. The summed E-state index contributed by atoms with van der Waals surface area (Å²) in [6.45, 7) is 5.60. The Morgan fingerprint density at radius 3 is 2.32 bits per heavy atom.